The quantitative estimate of drug-likeness (QED) is 0.868. The molecule has 3 atom stereocenters. The first-order chi connectivity index (χ1) is 9.33. The average Bonchev–Trinajstić information content (AvgIpc) is 2.48. The molecule has 1 aliphatic carbocycles. The van der Waals surface area contributed by atoms with E-state index >= 15 is 0 Å². The van der Waals surface area contributed by atoms with Crippen molar-refractivity contribution in [2.24, 2.45) is 0 Å². The zero-order valence-corrected chi connectivity index (χ0v) is 10.7. The summed E-state index contributed by atoms with van der Waals surface area (Å²) in [7, 11) is 0. The fraction of sp³-hybridized carbons (Fsp3) is 0.571. The van der Waals surface area contributed by atoms with E-state index in [2.05, 4.69) is 10.3 Å². The summed E-state index contributed by atoms with van der Waals surface area (Å²) in [5, 5.41) is 3.05. The smallest absolute Gasteiger partial charge is 0.253 e. The second-order valence-corrected chi connectivity index (χ2v) is 5.04. The van der Waals surface area contributed by atoms with E-state index in [1.54, 1.807) is 24.5 Å². The maximum absolute atomic E-state index is 12.0. The van der Waals surface area contributed by atoms with Gasteiger partial charge in [-0.05, 0) is 31.4 Å². The minimum absolute atomic E-state index is 0.0618. The molecule has 0 unspecified atom stereocenters. The summed E-state index contributed by atoms with van der Waals surface area (Å²) in [5.74, 6) is -0.0618. The van der Waals surface area contributed by atoms with E-state index in [1.807, 2.05) is 0 Å². The Morgan fingerprint density at radius 1 is 1.26 bits per heavy atom. The SMILES string of the molecule is O=C(N[C@@H]1CC[C@H]2OCCO[C@@H]2C1)c1cccnc1. The van der Waals surface area contributed by atoms with Crippen LogP contribution in [0.1, 0.15) is 29.6 Å². The molecule has 1 aromatic rings. The molecule has 0 radical (unpaired) electrons. The second kappa shape index (κ2) is 5.67. The Morgan fingerprint density at radius 3 is 2.89 bits per heavy atom. The van der Waals surface area contributed by atoms with Crippen LogP contribution in [-0.4, -0.2) is 42.4 Å². The molecule has 1 amide bonds. The van der Waals surface area contributed by atoms with Crippen molar-refractivity contribution in [2.45, 2.75) is 37.5 Å². The minimum atomic E-state index is -0.0618. The lowest BCUT2D eigenvalue weighted by molar-refractivity contribution is -0.157. The number of carbonyl (C=O) groups excluding carboxylic acids is 1. The standard InChI is InChI=1S/C14H18N2O3/c17-14(10-2-1-5-15-9-10)16-11-3-4-12-13(8-11)19-7-6-18-12/h1-2,5,9,11-13H,3-4,6-8H2,(H,16,17)/t11-,12-,13-/m1/s1. The van der Waals surface area contributed by atoms with Crippen molar-refractivity contribution in [1.29, 1.82) is 0 Å². The lowest BCUT2D eigenvalue weighted by Gasteiger charge is -2.39. The van der Waals surface area contributed by atoms with Gasteiger partial charge in [0, 0.05) is 18.4 Å². The maximum Gasteiger partial charge on any atom is 0.253 e. The number of amides is 1. The van der Waals surface area contributed by atoms with E-state index < -0.39 is 0 Å². The van der Waals surface area contributed by atoms with Gasteiger partial charge in [0.05, 0.1) is 31.0 Å². The summed E-state index contributed by atoms with van der Waals surface area (Å²) in [6, 6.07) is 3.70. The molecule has 1 N–H and O–H groups in total. The topological polar surface area (TPSA) is 60.5 Å². The van der Waals surface area contributed by atoms with Gasteiger partial charge in [-0.25, -0.2) is 0 Å². The zero-order valence-electron chi connectivity index (χ0n) is 10.7. The Kier molecular flexibility index (Phi) is 3.75. The van der Waals surface area contributed by atoms with Gasteiger partial charge < -0.3 is 14.8 Å². The highest BCUT2D eigenvalue weighted by Gasteiger charge is 2.34. The Hall–Kier alpha value is -1.46. The van der Waals surface area contributed by atoms with Gasteiger partial charge in [-0.15, -0.1) is 0 Å². The predicted molar refractivity (Wildman–Crippen MR) is 68.8 cm³/mol. The van der Waals surface area contributed by atoms with Crippen LogP contribution in [-0.2, 0) is 9.47 Å². The van der Waals surface area contributed by atoms with Gasteiger partial charge in [-0.3, -0.25) is 9.78 Å². The molecular formula is C14H18N2O3. The van der Waals surface area contributed by atoms with Gasteiger partial charge in [-0.2, -0.15) is 0 Å². The molecule has 5 heteroatoms. The number of nitrogens with zero attached hydrogens (tertiary/aromatic N) is 1. The van der Waals surface area contributed by atoms with Crippen LogP contribution >= 0.6 is 0 Å². The molecular weight excluding hydrogens is 244 g/mol. The van der Waals surface area contributed by atoms with Crippen LogP contribution in [0.15, 0.2) is 24.5 Å². The van der Waals surface area contributed by atoms with Gasteiger partial charge in [0.15, 0.2) is 0 Å². The highest BCUT2D eigenvalue weighted by Crippen LogP contribution is 2.26. The minimum Gasteiger partial charge on any atom is -0.373 e. The first kappa shape index (κ1) is 12.6. The Labute approximate surface area is 112 Å². The number of nitrogens with one attached hydrogen (secondary N) is 1. The van der Waals surface area contributed by atoms with Crippen LogP contribution in [0.5, 0.6) is 0 Å². The molecule has 5 nitrogen and oxygen atoms in total. The molecule has 2 heterocycles. The van der Waals surface area contributed by atoms with Crippen molar-refractivity contribution in [2.75, 3.05) is 13.2 Å². The number of fused-ring (bicyclic) bond motifs is 1. The first-order valence-corrected chi connectivity index (χ1v) is 6.77. The Balaban J connectivity index is 1.57. The normalized spacial score (nSPS) is 30.4. The zero-order chi connectivity index (χ0) is 13.1. The lowest BCUT2D eigenvalue weighted by atomic mass is 9.89. The molecule has 2 aliphatic rings. The highest BCUT2D eigenvalue weighted by atomic mass is 16.6. The molecule has 0 bridgehead atoms. The van der Waals surface area contributed by atoms with E-state index in [4.69, 9.17) is 9.47 Å². The van der Waals surface area contributed by atoms with E-state index in [0.29, 0.717) is 18.8 Å². The molecule has 2 fully saturated rings. The summed E-state index contributed by atoms with van der Waals surface area (Å²) >= 11 is 0. The third kappa shape index (κ3) is 2.93. The van der Waals surface area contributed by atoms with Gasteiger partial charge in [0.25, 0.3) is 5.91 Å². The van der Waals surface area contributed by atoms with Gasteiger partial charge in [0.2, 0.25) is 0 Å². The summed E-state index contributed by atoms with van der Waals surface area (Å²) in [4.78, 5) is 16.0. The van der Waals surface area contributed by atoms with Crippen LogP contribution in [0.3, 0.4) is 0 Å². The molecule has 3 rings (SSSR count). The maximum atomic E-state index is 12.0. The molecule has 1 aromatic heterocycles. The summed E-state index contributed by atoms with van der Waals surface area (Å²) in [6.45, 7) is 1.35. The van der Waals surface area contributed by atoms with Crippen LogP contribution in [0.4, 0.5) is 0 Å². The third-order valence-corrected chi connectivity index (χ3v) is 3.74. The van der Waals surface area contributed by atoms with Crippen molar-refractivity contribution < 1.29 is 14.3 Å². The number of hydrogen-bond donors (Lipinski definition) is 1. The van der Waals surface area contributed by atoms with E-state index in [0.717, 1.165) is 19.3 Å². The largest absolute Gasteiger partial charge is 0.373 e. The number of pyridine rings is 1. The summed E-state index contributed by atoms with van der Waals surface area (Å²) in [5.41, 5.74) is 0.602. The number of ether oxygens (including phenoxy) is 2. The van der Waals surface area contributed by atoms with Crippen LogP contribution in [0.2, 0.25) is 0 Å². The third-order valence-electron chi connectivity index (χ3n) is 3.74. The molecule has 1 saturated heterocycles. The lowest BCUT2D eigenvalue weighted by Crippen LogP contribution is -2.49. The summed E-state index contributed by atoms with van der Waals surface area (Å²) in [6.07, 6.45) is 6.30. The van der Waals surface area contributed by atoms with Crippen molar-refractivity contribution >= 4 is 5.91 Å². The van der Waals surface area contributed by atoms with Gasteiger partial charge in [-0.1, -0.05) is 0 Å². The van der Waals surface area contributed by atoms with Crippen molar-refractivity contribution in [3.8, 4) is 0 Å². The molecule has 0 aromatic carbocycles. The van der Waals surface area contributed by atoms with Crippen molar-refractivity contribution in [3.05, 3.63) is 30.1 Å². The van der Waals surface area contributed by atoms with Crippen LogP contribution < -0.4 is 5.32 Å². The number of rotatable bonds is 2. The number of aromatic nitrogens is 1. The average molecular weight is 262 g/mol. The fourth-order valence-electron chi connectivity index (χ4n) is 2.76. The molecule has 19 heavy (non-hydrogen) atoms. The van der Waals surface area contributed by atoms with Crippen LogP contribution in [0.25, 0.3) is 0 Å². The molecule has 1 aliphatic heterocycles. The highest BCUT2D eigenvalue weighted by molar-refractivity contribution is 5.94. The van der Waals surface area contributed by atoms with Crippen LogP contribution in [0, 0.1) is 0 Å². The fourth-order valence-corrected chi connectivity index (χ4v) is 2.76. The second-order valence-electron chi connectivity index (χ2n) is 5.04. The monoisotopic (exact) mass is 262 g/mol. The predicted octanol–water partition coefficient (Wildman–Crippen LogP) is 1.15. The number of hydrogen-bond acceptors (Lipinski definition) is 4. The Bertz CT molecular complexity index is 438. The first-order valence-electron chi connectivity index (χ1n) is 6.77. The summed E-state index contributed by atoms with van der Waals surface area (Å²) < 4.78 is 11.4. The Morgan fingerprint density at radius 2 is 2.11 bits per heavy atom. The molecule has 102 valence electrons. The molecule has 0 spiro atoms. The van der Waals surface area contributed by atoms with E-state index in [9.17, 15) is 4.79 Å². The van der Waals surface area contributed by atoms with Crippen molar-refractivity contribution in [1.82, 2.24) is 10.3 Å². The number of carbonyl (C=O) groups is 1. The van der Waals surface area contributed by atoms with E-state index in [1.165, 1.54) is 0 Å². The van der Waals surface area contributed by atoms with Crippen molar-refractivity contribution in [3.63, 3.8) is 0 Å². The molecule has 1 saturated carbocycles. The van der Waals surface area contributed by atoms with Gasteiger partial charge >= 0.3 is 0 Å². The van der Waals surface area contributed by atoms with Gasteiger partial charge in [0.1, 0.15) is 0 Å². The van der Waals surface area contributed by atoms with E-state index in [-0.39, 0.29) is 24.2 Å².